The highest BCUT2D eigenvalue weighted by Gasteiger charge is 2.16. The third-order valence-electron chi connectivity index (χ3n) is 3.45. The average molecular weight is 428 g/mol. The van der Waals surface area contributed by atoms with Crippen LogP contribution in [0.5, 0.6) is 11.5 Å². The number of rotatable bonds is 6. The first-order valence-electron chi connectivity index (χ1n) is 7.64. The zero-order valence-electron chi connectivity index (χ0n) is 13.3. The SMILES string of the molecule is O=C(NCCc1cccc(Oc2ccc(Cl)cc2)c1)c1snc(Cl)c1Cl. The van der Waals surface area contributed by atoms with Crippen molar-refractivity contribution in [3.05, 3.63) is 74.2 Å². The van der Waals surface area contributed by atoms with Gasteiger partial charge in [-0.05, 0) is 59.9 Å². The number of nitrogens with one attached hydrogen (secondary N) is 1. The summed E-state index contributed by atoms with van der Waals surface area (Å²) in [4.78, 5) is 12.4. The van der Waals surface area contributed by atoms with Crippen LogP contribution >= 0.6 is 46.3 Å². The van der Waals surface area contributed by atoms with E-state index in [4.69, 9.17) is 39.5 Å². The lowest BCUT2D eigenvalue weighted by atomic mass is 10.1. The number of nitrogens with zero attached hydrogens (tertiary/aromatic N) is 1. The molecule has 0 aliphatic rings. The van der Waals surface area contributed by atoms with Gasteiger partial charge in [-0.15, -0.1) is 0 Å². The summed E-state index contributed by atoms with van der Waals surface area (Å²) in [6, 6.07) is 14.8. The molecule has 3 aromatic rings. The van der Waals surface area contributed by atoms with Crippen molar-refractivity contribution in [3.63, 3.8) is 0 Å². The highest BCUT2D eigenvalue weighted by Crippen LogP contribution is 2.28. The van der Waals surface area contributed by atoms with Gasteiger partial charge in [0.1, 0.15) is 21.4 Å². The third kappa shape index (κ3) is 4.89. The molecule has 8 heteroatoms. The highest BCUT2D eigenvalue weighted by molar-refractivity contribution is 7.09. The Morgan fingerprint density at radius 3 is 2.54 bits per heavy atom. The second kappa shape index (κ2) is 8.73. The monoisotopic (exact) mass is 426 g/mol. The Morgan fingerprint density at radius 2 is 1.85 bits per heavy atom. The molecule has 0 radical (unpaired) electrons. The second-order valence-electron chi connectivity index (χ2n) is 5.33. The normalized spacial score (nSPS) is 10.6. The second-order valence-corrected chi connectivity index (χ2v) is 7.27. The van der Waals surface area contributed by atoms with E-state index >= 15 is 0 Å². The van der Waals surface area contributed by atoms with Gasteiger partial charge in [-0.25, -0.2) is 0 Å². The van der Waals surface area contributed by atoms with Crippen LogP contribution in [0.2, 0.25) is 15.2 Å². The van der Waals surface area contributed by atoms with Crippen molar-refractivity contribution in [2.24, 2.45) is 0 Å². The molecule has 2 aromatic carbocycles. The lowest BCUT2D eigenvalue weighted by Crippen LogP contribution is -2.25. The minimum Gasteiger partial charge on any atom is -0.457 e. The predicted octanol–water partition coefficient (Wildman–Crippen LogP) is 5.87. The molecule has 26 heavy (non-hydrogen) atoms. The molecule has 0 bridgehead atoms. The van der Waals surface area contributed by atoms with Crippen molar-refractivity contribution in [1.29, 1.82) is 0 Å². The number of ether oxygens (including phenoxy) is 1. The van der Waals surface area contributed by atoms with Crippen LogP contribution < -0.4 is 10.1 Å². The molecular weight excluding hydrogens is 415 g/mol. The van der Waals surface area contributed by atoms with Crippen LogP contribution in [0.1, 0.15) is 15.2 Å². The van der Waals surface area contributed by atoms with Gasteiger partial charge in [-0.1, -0.05) is 46.9 Å². The minimum absolute atomic E-state index is 0.147. The fourth-order valence-electron chi connectivity index (χ4n) is 2.20. The van der Waals surface area contributed by atoms with Gasteiger partial charge in [-0.3, -0.25) is 4.79 Å². The van der Waals surface area contributed by atoms with E-state index < -0.39 is 0 Å². The van der Waals surface area contributed by atoms with E-state index in [0.29, 0.717) is 34.4 Å². The Hall–Kier alpha value is -1.79. The van der Waals surface area contributed by atoms with E-state index in [1.165, 1.54) is 0 Å². The number of carbonyl (C=O) groups excluding carboxylic acids is 1. The van der Waals surface area contributed by atoms with Crippen molar-refractivity contribution < 1.29 is 9.53 Å². The van der Waals surface area contributed by atoms with Gasteiger partial charge >= 0.3 is 0 Å². The maximum atomic E-state index is 12.1. The summed E-state index contributed by atoms with van der Waals surface area (Å²) in [7, 11) is 0. The first kappa shape index (κ1) is 19.0. The molecular formula is C18H13Cl3N2O2S. The Bertz CT molecular complexity index is 913. The minimum atomic E-state index is -0.284. The molecule has 1 amide bonds. The Morgan fingerprint density at radius 1 is 1.08 bits per heavy atom. The molecule has 0 fully saturated rings. The topological polar surface area (TPSA) is 51.2 Å². The van der Waals surface area contributed by atoms with E-state index in [9.17, 15) is 4.79 Å². The summed E-state index contributed by atoms with van der Waals surface area (Å²) in [6.45, 7) is 0.453. The first-order chi connectivity index (χ1) is 12.5. The molecule has 1 heterocycles. The number of hydrogen-bond donors (Lipinski definition) is 1. The summed E-state index contributed by atoms with van der Waals surface area (Å²) >= 11 is 18.5. The zero-order valence-corrected chi connectivity index (χ0v) is 16.4. The number of hydrogen-bond acceptors (Lipinski definition) is 4. The van der Waals surface area contributed by atoms with Gasteiger partial charge in [0.25, 0.3) is 5.91 Å². The van der Waals surface area contributed by atoms with Gasteiger partial charge in [0.15, 0.2) is 5.15 Å². The number of amides is 1. The molecule has 0 aliphatic carbocycles. The molecule has 1 N–H and O–H groups in total. The van der Waals surface area contributed by atoms with Crippen molar-refractivity contribution in [3.8, 4) is 11.5 Å². The van der Waals surface area contributed by atoms with Crippen LogP contribution in [-0.4, -0.2) is 16.8 Å². The molecule has 0 saturated heterocycles. The van der Waals surface area contributed by atoms with E-state index in [1.54, 1.807) is 24.3 Å². The Kier molecular flexibility index (Phi) is 6.38. The van der Waals surface area contributed by atoms with Gasteiger partial charge in [0, 0.05) is 11.6 Å². The molecule has 0 saturated carbocycles. The van der Waals surface area contributed by atoms with Crippen molar-refractivity contribution >= 4 is 52.2 Å². The maximum absolute atomic E-state index is 12.1. The van der Waals surface area contributed by atoms with Gasteiger partial charge < -0.3 is 10.1 Å². The Labute approximate surface area is 169 Å². The number of halogens is 3. The van der Waals surface area contributed by atoms with Crippen molar-refractivity contribution in [1.82, 2.24) is 9.69 Å². The average Bonchev–Trinajstić information content (AvgIpc) is 2.96. The van der Waals surface area contributed by atoms with Crippen molar-refractivity contribution in [2.75, 3.05) is 6.54 Å². The first-order valence-corrected chi connectivity index (χ1v) is 9.55. The van der Waals surface area contributed by atoms with E-state index in [2.05, 4.69) is 9.69 Å². The zero-order chi connectivity index (χ0) is 18.5. The van der Waals surface area contributed by atoms with Crippen LogP contribution in [0.4, 0.5) is 0 Å². The summed E-state index contributed by atoms with van der Waals surface area (Å²) in [5, 5.41) is 3.80. The van der Waals surface area contributed by atoms with Crippen LogP contribution in [0.3, 0.4) is 0 Å². The highest BCUT2D eigenvalue weighted by atomic mass is 35.5. The molecule has 0 aliphatic heterocycles. The standard InChI is InChI=1S/C18H13Cl3N2O2S/c19-12-4-6-13(7-5-12)25-14-3-1-2-11(10-14)8-9-22-18(24)16-15(20)17(21)23-26-16/h1-7,10H,8-9H2,(H,22,24). The third-order valence-corrected chi connectivity index (χ3v) is 5.50. The smallest absolute Gasteiger partial charge is 0.264 e. The van der Waals surface area contributed by atoms with Gasteiger partial charge in [0.05, 0.1) is 0 Å². The quantitative estimate of drug-likeness (QED) is 0.535. The summed E-state index contributed by atoms with van der Waals surface area (Å²) in [5.41, 5.74) is 1.03. The fraction of sp³-hybridized carbons (Fsp3) is 0.111. The summed E-state index contributed by atoms with van der Waals surface area (Å²) < 4.78 is 9.65. The molecule has 1 aromatic heterocycles. The van der Waals surface area contributed by atoms with Gasteiger partial charge in [0.2, 0.25) is 0 Å². The lowest BCUT2D eigenvalue weighted by Gasteiger charge is -2.08. The van der Waals surface area contributed by atoms with Crippen LogP contribution in [-0.2, 0) is 6.42 Å². The molecule has 0 atom stereocenters. The summed E-state index contributed by atoms with van der Waals surface area (Å²) in [5.74, 6) is 1.14. The van der Waals surface area contributed by atoms with E-state index in [-0.39, 0.29) is 16.1 Å². The van der Waals surface area contributed by atoms with E-state index in [0.717, 1.165) is 17.1 Å². The number of carbonyl (C=O) groups is 1. The number of benzene rings is 2. The largest absolute Gasteiger partial charge is 0.457 e. The molecule has 3 rings (SSSR count). The van der Waals surface area contributed by atoms with E-state index in [1.807, 2.05) is 24.3 Å². The summed E-state index contributed by atoms with van der Waals surface area (Å²) in [6.07, 6.45) is 0.647. The van der Waals surface area contributed by atoms with Crippen LogP contribution in [0.15, 0.2) is 48.5 Å². The number of aromatic nitrogens is 1. The molecule has 4 nitrogen and oxygen atoms in total. The molecule has 134 valence electrons. The maximum Gasteiger partial charge on any atom is 0.264 e. The van der Waals surface area contributed by atoms with Gasteiger partial charge in [-0.2, -0.15) is 4.37 Å². The lowest BCUT2D eigenvalue weighted by molar-refractivity contribution is 0.0958. The van der Waals surface area contributed by atoms with Crippen molar-refractivity contribution in [2.45, 2.75) is 6.42 Å². The Balaban J connectivity index is 1.56. The van der Waals surface area contributed by atoms with Crippen LogP contribution in [0.25, 0.3) is 0 Å². The molecule has 0 unspecified atom stereocenters. The van der Waals surface area contributed by atoms with Crippen LogP contribution in [0, 0.1) is 0 Å². The fourth-order valence-corrected chi connectivity index (χ4v) is 3.46. The molecule has 0 spiro atoms. The predicted molar refractivity (Wildman–Crippen MR) is 106 cm³/mol.